The first-order valence-corrected chi connectivity index (χ1v) is 8.66. The molecule has 1 amide bonds. The average Bonchev–Trinajstić information content (AvgIpc) is 2.58. The maximum absolute atomic E-state index is 12.6. The minimum absolute atomic E-state index is 0.0616. The van der Waals surface area contributed by atoms with Crippen LogP contribution < -0.4 is 5.32 Å². The van der Waals surface area contributed by atoms with Gasteiger partial charge in [0.05, 0.1) is 15.7 Å². The van der Waals surface area contributed by atoms with Gasteiger partial charge in [-0.15, -0.1) is 0 Å². The highest BCUT2D eigenvalue weighted by molar-refractivity contribution is 6.39. The van der Waals surface area contributed by atoms with E-state index in [1.807, 2.05) is 4.90 Å². The first-order valence-electron chi connectivity index (χ1n) is 7.90. The number of aromatic nitrogens is 2. The number of rotatable bonds is 3. The molecule has 2 aromatic rings. The van der Waals surface area contributed by atoms with Crippen LogP contribution in [0.2, 0.25) is 10.0 Å². The molecule has 1 aliphatic heterocycles. The van der Waals surface area contributed by atoms with E-state index >= 15 is 0 Å². The zero-order valence-corrected chi connectivity index (χ0v) is 14.9. The van der Waals surface area contributed by atoms with Crippen molar-refractivity contribution in [2.45, 2.75) is 26.2 Å². The maximum Gasteiger partial charge on any atom is 0.272 e. The Balaban J connectivity index is 1.87. The fraction of sp³-hybridized carbons (Fsp3) is 0.353. The smallest absolute Gasteiger partial charge is 0.272 e. The molecule has 0 spiro atoms. The maximum atomic E-state index is 12.6. The van der Waals surface area contributed by atoms with Crippen LogP contribution >= 0.6 is 23.2 Å². The number of para-hydroxylation sites is 1. The monoisotopic (exact) mass is 364 g/mol. The Bertz CT molecular complexity index is 740. The highest BCUT2D eigenvalue weighted by Gasteiger charge is 2.20. The third-order valence-electron chi connectivity index (χ3n) is 3.92. The lowest BCUT2D eigenvalue weighted by molar-refractivity contribution is 0.0718. The molecule has 7 heteroatoms. The molecular formula is C17H18Cl2N4O. The van der Waals surface area contributed by atoms with Crippen LogP contribution in [0.4, 0.5) is 11.5 Å². The molecule has 1 fully saturated rings. The topological polar surface area (TPSA) is 58.1 Å². The summed E-state index contributed by atoms with van der Waals surface area (Å²) < 4.78 is 0. The van der Waals surface area contributed by atoms with Gasteiger partial charge < -0.3 is 10.2 Å². The highest BCUT2D eigenvalue weighted by Crippen LogP contribution is 2.32. The first-order chi connectivity index (χ1) is 11.5. The predicted molar refractivity (Wildman–Crippen MR) is 96.3 cm³/mol. The molecule has 1 N–H and O–H groups in total. The fourth-order valence-corrected chi connectivity index (χ4v) is 3.24. The summed E-state index contributed by atoms with van der Waals surface area (Å²) >= 11 is 12.4. The van der Waals surface area contributed by atoms with Gasteiger partial charge in [-0.25, -0.2) is 9.97 Å². The van der Waals surface area contributed by atoms with Crippen molar-refractivity contribution in [3.05, 3.63) is 45.8 Å². The number of likely N-dealkylation sites (tertiary alicyclic amines) is 1. The molecule has 0 radical (unpaired) electrons. The summed E-state index contributed by atoms with van der Waals surface area (Å²) in [5.74, 6) is 0.954. The third-order valence-corrected chi connectivity index (χ3v) is 4.55. The molecule has 1 aliphatic rings. The molecule has 1 aromatic carbocycles. The van der Waals surface area contributed by atoms with Gasteiger partial charge in [0.15, 0.2) is 0 Å². The molecule has 2 heterocycles. The Kier molecular flexibility index (Phi) is 5.21. The van der Waals surface area contributed by atoms with Crippen LogP contribution in [0.25, 0.3) is 0 Å². The number of hydrogen-bond donors (Lipinski definition) is 1. The van der Waals surface area contributed by atoms with Crippen molar-refractivity contribution >= 4 is 40.6 Å². The second-order valence-electron chi connectivity index (χ2n) is 5.76. The van der Waals surface area contributed by atoms with Gasteiger partial charge in [-0.3, -0.25) is 4.79 Å². The molecule has 24 heavy (non-hydrogen) atoms. The van der Waals surface area contributed by atoms with Gasteiger partial charge in [0.25, 0.3) is 5.91 Å². The normalized spacial score (nSPS) is 14.5. The summed E-state index contributed by atoms with van der Waals surface area (Å²) in [4.78, 5) is 23.1. The van der Waals surface area contributed by atoms with E-state index in [0.29, 0.717) is 33.1 Å². The lowest BCUT2D eigenvalue weighted by Crippen LogP contribution is -2.36. The number of benzene rings is 1. The first kappa shape index (κ1) is 17.0. The van der Waals surface area contributed by atoms with Gasteiger partial charge in [-0.2, -0.15) is 0 Å². The molecule has 3 rings (SSSR count). The number of carbonyl (C=O) groups is 1. The summed E-state index contributed by atoms with van der Waals surface area (Å²) in [5.41, 5.74) is 0.949. The number of nitrogens with zero attached hydrogens (tertiary/aromatic N) is 3. The molecule has 1 aromatic heterocycles. The van der Waals surface area contributed by atoms with Crippen LogP contribution in [0.15, 0.2) is 24.3 Å². The molecule has 0 saturated carbocycles. The van der Waals surface area contributed by atoms with E-state index in [1.54, 1.807) is 31.2 Å². The molecule has 0 bridgehead atoms. The van der Waals surface area contributed by atoms with Crippen LogP contribution in [0.3, 0.4) is 0 Å². The standard InChI is InChI=1S/C17H18Cl2N4O/c1-11-20-14(17(24)23-8-3-2-4-9-23)10-15(21-11)22-16-12(18)6-5-7-13(16)19/h5-7,10H,2-4,8-9H2,1H3,(H,20,21,22). The van der Waals surface area contributed by atoms with Crippen molar-refractivity contribution < 1.29 is 4.79 Å². The number of piperidine rings is 1. The van der Waals surface area contributed by atoms with Gasteiger partial charge >= 0.3 is 0 Å². The largest absolute Gasteiger partial charge is 0.338 e. The van der Waals surface area contributed by atoms with Crippen molar-refractivity contribution in [1.82, 2.24) is 14.9 Å². The molecule has 0 unspecified atom stereocenters. The lowest BCUT2D eigenvalue weighted by atomic mass is 10.1. The van der Waals surface area contributed by atoms with Crippen molar-refractivity contribution in [2.75, 3.05) is 18.4 Å². The zero-order valence-electron chi connectivity index (χ0n) is 13.4. The predicted octanol–water partition coefficient (Wildman–Crippen LogP) is 4.46. The summed E-state index contributed by atoms with van der Waals surface area (Å²) in [7, 11) is 0. The van der Waals surface area contributed by atoms with Crippen LogP contribution in [0, 0.1) is 6.92 Å². The Morgan fingerprint density at radius 3 is 2.46 bits per heavy atom. The van der Waals surface area contributed by atoms with E-state index in [4.69, 9.17) is 23.2 Å². The van der Waals surface area contributed by atoms with E-state index < -0.39 is 0 Å². The summed E-state index contributed by atoms with van der Waals surface area (Å²) in [6.45, 7) is 3.31. The van der Waals surface area contributed by atoms with Crippen LogP contribution in [-0.4, -0.2) is 33.9 Å². The van der Waals surface area contributed by atoms with Crippen molar-refractivity contribution in [1.29, 1.82) is 0 Å². The quantitative estimate of drug-likeness (QED) is 0.873. The Morgan fingerprint density at radius 1 is 1.12 bits per heavy atom. The molecule has 0 aliphatic carbocycles. The van der Waals surface area contributed by atoms with Gasteiger partial charge in [0.1, 0.15) is 17.3 Å². The van der Waals surface area contributed by atoms with Crippen LogP contribution in [0.5, 0.6) is 0 Å². The number of amides is 1. The minimum Gasteiger partial charge on any atom is -0.338 e. The second-order valence-corrected chi connectivity index (χ2v) is 6.57. The van der Waals surface area contributed by atoms with E-state index in [2.05, 4.69) is 15.3 Å². The fourth-order valence-electron chi connectivity index (χ4n) is 2.75. The van der Waals surface area contributed by atoms with Crippen molar-refractivity contribution in [3.63, 3.8) is 0 Å². The number of aryl methyl sites for hydroxylation is 1. The number of nitrogens with one attached hydrogen (secondary N) is 1. The minimum atomic E-state index is -0.0616. The second kappa shape index (κ2) is 7.36. The number of carbonyl (C=O) groups excluding carboxylic acids is 1. The Labute approximate surface area is 151 Å². The Morgan fingerprint density at radius 2 is 1.79 bits per heavy atom. The van der Waals surface area contributed by atoms with E-state index in [0.717, 1.165) is 25.9 Å². The number of halogens is 2. The van der Waals surface area contributed by atoms with E-state index in [1.165, 1.54) is 6.42 Å². The number of anilines is 2. The SMILES string of the molecule is Cc1nc(Nc2c(Cl)cccc2Cl)cc(C(=O)N2CCCCC2)n1. The van der Waals surface area contributed by atoms with Crippen molar-refractivity contribution in [3.8, 4) is 0 Å². The highest BCUT2D eigenvalue weighted by atomic mass is 35.5. The molecule has 5 nitrogen and oxygen atoms in total. The molecule has 0 atom stereocenters. The lowest BCUT2D eigenvalue weighted by Gasteiger charge is -2.26. The molecule has 126 valence electrons. The number of hydrogen-bond acceptors (Lipinski definition) is 4. The third kappa shape index (κ3) is 3.79. The average molecular weight is 365 g/mol. The van der Waals surface area contributed by atoms with Gasteiger partial charge in [0.2, 0.25) is 0 Å². The summed E-state index contributed by atoms with van der Waals surface area (Å²) in [6.07, 6.45) is 3.25. The Hall–Kier alpha value is -1.85. The molecule has 1 saturated heterocycles. The summed E-state index contributed by atoms with van der Waals surface area (Å²) in [6, 6.07) is 6.89. The van der Waals surface area contributed by atoms with E-state index in [-0.39, 0.29) is 5.91 Å². The van der Waals surface area contributed by atoms with Crippen molar-refractivity contribution in [2.24, 2.45) is 0 Å². The molecular weight excluding hydrogens is 347 g/mol. The zero-order chi connectivity index (χ0) is 17.1. The van der Waals surface area contributed by atoms with Gasteiger partial charge in [0, 0.05) is 19.2 Å². The van der Waals surface area contributed by atoms with Gasteiger partial charge in [-0.1, -0.05) is 29.3 Å². The van der Waals surface area contributed by atoms with Gasteiger partial charge in [-0.05, 0) is 38.3 Å². The summed E-state index contributed by atoms with van der Waals surface area (Å²) in [5, 5.41) is 4.07. The van der Waals surface area contributed by atoms with Crippen LogP contribution in [-0.2, 0) is 0 Å². The van der Waals surface area contributed by atoms with E-state index in [9.17, 15) is 4.79 Å². The van der Waals surface area contributed by atoms with Crippen LogP contribution in [0.1, 0.15) is 35.6 Å².